The maximum absolute atomic E-state index is 12.1. The van der Waals surface area contributed by atoms with Crippen molar-refractivity contribution < 1.29 is 113 Å². The molecule has 0 amide bonds. The molecule has 226 valence electrons. The summed E-state index contributed by atoms with van der Waals surface area (Å²) in [6.07, 6.45) is 7.13. The molecule has 0 aromatic rings. The first kappa shape index (κ1) is 45.7. The number of hydrogen-bond acceptors (Lipinski definition) is 8. The van der Waals surface area contributed by atoms with Gasteiger partial charge in [-0.1, -0.05) is 57.8 Å². The van der Waals surface area contributed by atoms with Crippen LogP contribution in [0.4, 0.5) is 0 Å². The fourth-order valence-corrected chi connectivity index (χ4v) is 2.89. The van der Waals surface area contributed by atoms with Crippen molar-refractivity contribution in [1.82, 2.24) is 0 Å². The number of phosphoric ester groups is 1. The fraction of sp³-hybridized carbons (Fsp3) is 0.500. The van der Waals surface area contributed by atoms with Crippen LogP contribution in [0.1, 0.15) is 87.3 Å². The number of esters is 2. The van der Waals surface area contributed by atoms with Crippen LogP contribution in [-0.2, 0) is 28.2 Å². The van der Waals surface area contributed by atoms with Crippen molar-refractivity contribution in [3.8, 4) is 71.0 Å². The van der Waals surface area contributed by atoms with Gasteiger partial charge in [0.2, 0.25) is 0 Å². The normalized spacial score (nSPS) is 9.10. The molecule has 0 saturated carbocycles. The molecule has 0 bridgehead atoms. The molecule has 0 aliphatic rings. The van der Waals surface area contributed by atoms with Gasteiger partial charge in [0.15, 0.2) is 6.10 Å². The van der Waals surface area contributed by atoms with Crippen LogP contribution in [0.5, 0.6) is 0 Å². The molecule has 0 spiro atoms. The number of carbonyl (C=O) groups is 2. The van der Waals surface area contributed by atoms with Gasteiger partial charge in [0.25, 0.3) is 0 Å². The van der Waals surface area contributed by atoms with Gasteiger partial charge in [-0.3, -0.25) is 4.79 Å². The van der Waals surface area contributed by atoms with E-state index in [2.05, 4.69) is 82.5 Å². The Hall–Kier alpha value is -1.24. The van der Waals surface area contributed by atoms with Gasteiger partial charge in [0.05, 0.1) is 14.4 Å². The molecule has 0 aliphatic heterocycles. The van der Waals surface area contributed by atoms with E-state index in [1.807, 2.05) is 0 Å². The van der Waals surface area contributed by atoms with E-state index >= 15 is 0 Å². The predicted molar refractivity (Wildman–Crippen MR) is 168 cm³/mol. The first-order chi connectivity index (χ1) is 17.8. The van der Waals surface area contributed by atoms with Crippen LogP contribution in [0.25, 0.3) is 0 Å². The molecular weight excluding hydrogens is 573 g/mol. The molecule has 0 fully saturated rings. The molecule has 8 nitrogen and oxygen atoms in total. The quantitative estimate of drug-likeness (QED) is 0.0548. The van der Waals surface area contributed by atoms with Crippen LogP contribution in [0.15, 0.2) is 0 Å². The second-order valence-electron chi connectivity index (χ2n) is 7.30. The molecule has 1 atom stereocenters. The zero-order valence-electron chi connectivity index (χ0n) is 23.6. The van der Waals surface area contributed by atoms with E-state index < -0.39 is 39.1 Å². The fourth-order valence-electron chi connectivity index (χ4n) is 2.54. The van der Waals surface area contributed by atoms with Gasteiger partial charge >= 0.3 is 71.1 Å². The monoisotopic (exact) mass is 626 g/mol. The molecule has 0 saturated heterocycles. The van der Waals surface area contributed by atoms with Gasteiger partial charge in [0, 0.05) is 28.0 Å². The molecule has 0 radical (unpaired) electrons. The third-order valence-electron chi connectivity index (χ3n) is 4.20. The Kier molecular flexibility index (Phi) is 36.9. The smallest absolute Gasteiger partial charge is 0.790 e. The minimum absolute atomic E-state index is 0. The van der Waals surface area contributed by atoms with Crippen molar-refractivity contribution in [1.29, 1.82) is 0 Å². The van der Waals surface area contributed by atoms with Crippen LogP contribution in [0.3, 0.4) is 0 Å². The van der Waals surface area contributed by atoms with E-state index in [1.54, 1.807) is 6.92 Å². The Morgan fingerprint density at radius 1 is 0.775 bits per heavy atom. The summed E-state index contributed by atoms with van der Waals surface area (Å²) in [4.78, 5) is 45.3. The summed E-state index contributed by atoms with van der Waals surface area (Å²) in [5, 5.41) is 0. The van der Waals surface area contributed by atoms with Gasteiger partial charge < -0.3 is 28.3 Å². The Labute approximate surface area is 306 Å². The number of unbranched alkanes of at least 4 members (excludes halogenated alkanes) is 7. The average molecular weight is 627 g/mol. The molecule has 0 aromatic carbocycles. The van der Waals surface area contributed by atoms with Crippen molar-refractivity contribution in [2.24, 2.45) is 0 Å². The summed E-state index contributed by atoms with van der Waals surface area (Å²) >= 11 is 0. The largest absolute Gasteiger partial charge is 1.00 e. The SMILES string of the molecule is CC#CC#CC#CC#CC#CC#CC(=O)OC[C@H](COP(=O)([O-])[O-])OC(=O)CCCCCCCCCC.S.[HH].[HH].[HH].[HH].[HH].[HH].[HH].[HH].[HH].[HH].[HH].[Na+].[Na+]. The van der Waals surface area contributed by atoms with E-state index in [-0.39, 0.29) is 94.7 Å². The predicted octanol–water partition coefficient (Wildman–Crippen LogP) is -1.32. The standard InChI is InChI=1S/C28H31O8P.2Na.H2S.11H2/c1-3-5-7-9-11-13-14-15-17-18-20-22-27(29)34-24-26(25-35-37(31,32)33)36-28(30)23-21-19-16-12-10-8-6-4-2;;;;;;;;;;;;;;/h26H,4,6,8,10,12,16,19,21,23-25H2,1-2H3,(H2,31,32,33);;;1H2;11*1H/q;2*+1;;;;;;;;;;;;/p-2/t26-;;;;;;;;;;;;;;/m1............../s1. The van der Waals surface area contributed by atoms with Crippen LogP contribution in [-0.4, -0.2) is 31.3 Å². The van der Waals surface area contributed by atoms with Gasteiger partial charge in [0.1, 0.15) is 6.61 Å². The summed E-state index contributed by atoms with van der Waals surface area (Å²) in [6, 6.07) is 0. The summed E-state index contributed by atoms with van der Waals surface area (Å²) in [6.45, 7) is 2.47. The average Bonchev–Trinajstić information content (AvgIpc) is 2.85. The molecule has 0 heterocycles. The van der Waals surface area contributed by atoms with E-state index in [0.29, 0.717) is 6.42 Å². The molecule has 0 aliphatic carbocycles. The number of hydrogen-bond donors (Lipinski definition) is 0. The Morgan fingerprint density at radius 3 is 1.75 bits per heavy atom. The van der Waals surface area contributed by atoms with Crippen molar-refractivity contribution in [3.63, 3.8) is 0 Å². The molecule has 40 heavy (non-hydrogen) atoms. The first-order valence-electron chi connectivity index (χ1n) is 11.7. The second kappa shape index (κ2) is 32.3. The van der Waals surface area contributed by atoms with Crippen LogP contribution < -0.4 is 68.9 Å². The number of carbonyl (C=O) groups excluding carboxylic acids is 2. The van der Waals surface area contributed by atoms with Crippen molar-refractivity contribution >= 4 is 33.3 Å². The van der Waals surface area contributed by atoms with E-state index in [0.717, 1.165) is 25.7 Å². The molecule has 0 rings (SSSR count). The zero-order valence-corrected chi connectivity index (χ0v) is 29.5. The van der Waals surface area contributed by atoms with E-state index in [9.17, 15) is 23.9 Å². The summed E-state index contributed by atoms with van der Waals surface area (Å²) in [7, 11) is -5.31. The van der Waals surface area contributed by atoms with Gasteiger partial charge in [-0.15, -0.1) is 0 Å². The topological polar surface area (TPSA) is 125 Å². The van der Waals surface area contributed by atoms with E-state index in [4.69, 9.17) is 9.47 Å². The Morgan fingerprint density at radius 2 is 1.25 bits per heavy atom. The first-order valence-corrected chi connectivity index (χ1v) is 13.2. The van der Waals surface area contributed by atoms with E-state index in [1.165, 1.54) is 19.3 Å². The summed E-state index contributed by atoms with van der Waals surface area (Å²) < 4.78 is 24.9. The Balaban J connectivity index is -0.0000000712. The van der Waals surface area contributed by atoms with Crippen molar-refractivity contribution in [3.05, 3.63) is 0 Å². The summed E-state index contributed by atoms with van der Waals surface area (Å²) in [5.74, 6) is 27.0. The number of phosphoric acid groups is 1. The maximum atomic E-state index is 12.1. The number of ether oxygens (including phenoxy) is 2. The van der Waals surface area contributed by atoms with Crippen LogP contribution >= 0.6 is 21.3 Å². The molecular formula is C28H53Na2O8PS. The third-order valence-corrected chi connectivity index (χ3v) is 4.67. The minimum Gasteiger partial charge on any atom is -0.790 e. The zero-order chi connectivity index (χ0) is 27.6. The third kappa shape index (κ3) is 34.8. The van der Waals surface area contributed by atoms with Gasteiger partial charge in [-0.05, 0) is 72.5 Å². The molecule has 12 heteroatoms. The van der Waals surface area contributed by atoms with Gasteiger partial charge in [-0.25, -0.2) is 4.79 Å². The van der Waals surface area contributed by atoms with Crippen molar-refractivity contribution in [2.75, 3.05) is 13.2 Å². The Bertz CT molecular complexity index is 1200. The van der Waals surface area contributed by atoms with Crippen LogP contribution in [0, 0.1) is 71.0 Å². The van der Waals surface area contributed by atoms with Crippen molar-refractivity contribution in [2.45, 2.75) is 77.7 Å². The second-order valence-corrected chi connectivity index (χ2v) is 8.46. The molecule has 0 aromatic heterocycles. The van der Waals surface area contributed by atoms with Gasteiger partial charge in [-0.2, -0.15) is 13.5 Å². The minimum atomic E-state index is -5.31. The number of rotatable bonds is 15. The maximum Gasteiger partial charge on any atom is 1.00 e. The molecule has 0 N–H and O–H groups in total. The molecule has 0 unspecified atom stereocenters. The van der Waals surface area contributed by atoms with Crippen LogP contribution in [0.2, 0.25) is 0 Å². The summed E-state index contributed by atoms with van der Waals surface area (Å²) in [5.41, 5.74) is 0.